The van der Waals surface area contributed by atoms with E-state index < -0.39 is 12.5 Å². The van der Waals surface area contributed by atoms with Gasteiger partial charge in [0.1, 0.15) is 12.4 Å². The Morgan fingerprint density at radius 2 is 1.64 bits per heavy atom. The van der Waals surface area contributed by atoms with Gasteiger partial charge in [-0.2, -0.15) is 0 Å². The minimum absolute atomic E-state index is 0.0991. The second kappa shape index (κ2) is 6.84. The second-order valence-corrected chi connectivity index (χ2v) is 4.26. The topological polar surface area (TPSA) is 47.6 Å². The van der Waals surface area contributed by atoms with Crippen LogP contribution in [-0.2, 0) is 11.3 Å². The fraction of sp³-hybridized carbons (Fsp3) is 0.133. The maximum atomic E-state index is 12.0. The molecule has 116 valence electrons. The van der Waals surface area contributed by atoms with Crippen molar-refractivity contribution in [3.05, 3.63) is 60.2 Å². The normalized spacial score (nSPS) is 10.9. The number of rotatable bonds is 4. The number of anilines is 1. The Hall–Kier alpha value is -2.70. The number of hydrogen-bond acceptors (Lipinski definition) is 3. The molecule has 0 fully saturated rings. The lowest BCUT2D eigenvalue weighted by molar-refractivity contribution is -0.274. The molecular weight excluding hydrogens is 299 g/mol. The lowest BCUT2D eigenvalue weighted by Gasteiger charge is -2.10. The van der Waals surface area contributed by atoms with Crippen molar-refractivity contribution < 1.29 is 27.4 Å². The van der Waals surface area contributed by atoms with Gasteiger partial charge in [0.2, 0.25) is 0 Å². The van der Waals surface area contributed by atoms with Gasteiger partial charge in [0.25, 0.3) is 0 Å². The summed E-state index contributed by atoms with van der Waals surface area (Å²) in [6.07, 6.45) is -5.45. The van der Waals surface area contributed by atoms with Gasteiger partial charge in [-0.3, -0.25) is 5.32 Å². The number of carbonyl (C=O) groups excluding carboxylic acids is 1. The highest BCUT2D eigenvalue weighted by Gasteiger charge is 2.30. The van der Waals surface area contributed by atoms with Crippen molar-refractivity contribution in [3.8, 4) is 5.75 Å². The van der Waals surface area contributed by atoms with Crippen molar-refractivity contribution in [2.75, 3.05) is 5.32 Å². The average molecular weight is 311 g/mol. The van der Waals surface area contributed by atoms with Gasteiger partial charge in [-0.05, 0) is 29.8 Å². The Morgan fingerprint density at radius 3 is 2.23 bits per heavy atom. The Kier molecular flexibility index (Phi) is 4.88. The van der Waals surface area contributed by atoms with E-state index in [-0.39, 0.29) is 12.4 Å². The average Bonchev–Trinajstić information content (AvgIpc) is 2.47. The molecule has 22 heavy (non-hydrogen) atoms. The van der Waals surface area contributed by atoms with Gasteiger partial charge >= 0.3 is 12.5 Å². The smallest absolute Gasteiger partial charge is 0.444 e. The predicted octanol–water partition coefficient (Wildman–Crippen LogP) is 4.33. The van der Waals surface area contributed by atoms with Gasteiger partial charge in [-0.25, -0.2) is 4.79 Å². The molecule has 0 bridgehead atoms. The van der Waals surface area contributed by atoms with Crippen LogP contribution in [0.3, 0.4) is 0 Å². The number of ether oxygens (including phenoxy) is 2. The molecule has 0 aliphatic rings. The molecule has 2 aromatic rings. The SMILES string of the molecule is O=C(Nc1ccc(OC(F)(F)F)cc1)OCc1ccccc1. The van der Waals surface area contributed by atoms with Crippen LogP contribution in [0.25, 0.3) is 0 Å². The quantitative estimate of drug-likeness (QED) is 0.914. The van der Waals surface area contributed by atoms with Crippen molar-refractivity contribution in [1.82, 2.24) is 0 Å². The van der Waals surface area contributed by atoms with Crippen LogP contribution in [0.4, 0.5) is 23.7 Å². The summed E-state index contributed by atoms with van der Waals surface area (Å²) in [7, 11) is 0. The summed E-state index contributed by atoms with van der Waals surface area (Å²) < 4.78 is 44.7. The molecule has 7 heteroatoms. The Labute approximate surface area is 124 Å². The van der Waals surface area contributed by atoms with E-state index in [0.717, 1.165) is 17.7 Å². The first kappa shape index (κ1) is 15.7. The van der Waals surface area contributed by atoms with Crippen LogP contribution >= 0.6 is 0 Å². The highest BCUT2D eigenvalue weighted by atomic mass is 19.4. The molecule has 0 radical (unpaired) electrons. The van der Waals surface area contributed by atoms with Crippen molar-refractivity contribution >= 4 is 11.8 Å². The Bertz CT molecular complexity index is 612. The molecule has 0 aliphatic heterocycles. The van der Waals surface area contributed by atoms with Gasteiger partial charge in [0, 0.05) is 5.69 Å². The summed E-state index contributed by atoms with van der Waals surface area (Å²) in [5.41, 5.74) is 1.12. The molecule has 0 spiro atoms. The number of nitrogens with one attached hydrogen (secondary N) is 1. The molecule has 0 aromatic heterocycles. The van der Waals surface area contributed by atoms with Gasteiger partial charge in [0.05, 0.1) is 0 Å². The third-order valence-electron chi connectivity index (χ3n) is 2.55. The first-order valence-corrected chi connectivity index (χ1v) is 6.26. The number of hydrogen-bond donors (Lipinski definition) is 1. The highest BCUT2D eigenvalue weighted by molar-refractivity contribution is 5.84. The van der Waals surface area contributed by atoms with Crippen molar-refractivity contribution in [2.45, 2.75) is 13.0 Å². The fourth-order valence-electron chi connectivity index (χ4n) is 1.62. The van der Waals surface area contributed by atoms with Gasteiger partial charge in [-0.1, -0.05) is 30.3 Å². The minimum atomic E-state index is -4.75. The van der Waals surface area contributed by atoms with Gasteiger partial charge in [0.15, 0.2) is 0 Å². The third kappa shape index (κ3) is 5.35. The molecule has 0 atom stereocenters. The summed E-state index contributed by atoms with van der Waals surface area (Å²) >= 11 is 0. The number of alkyl halides is 3. The standard InChI is InChI=1S/C15H12F3NO3/c16-15(17,18)22-13-8-6-12(7-9-13)19-14(20)21-10-11-4-2-1-3-5-11/h1-9H,10H2,(H,19,20). The third-order valence-corrected chi connectivity index (χ3v) is 2.55. The predicted molar refractivity (Wildman–Crippen MR) is 73.4 cm³/mol. The molecule has 1 amide bonds. The molecule has 4 nitrogen and oxygen atoms in total. The molecule has 0 aliphatic carbocycles. The van der Waals surface area contributed by atoms with E-state index in [0.29, 0.717) is 5.69 Å². The van der Waals surface area contributed by atoms with E-state index in [9.17, 15) is 18.0 Å². The van der Waals surface area contributed by atoms with E-state index in [1.165, 1.54) is 12.1 Å². The largest absolute Gasteiger partial charge is 0.573 e. The summed E-state index contributed by atoms with van der Waals surface area (Å²) in [5, 5.41) is 2.40. The van der Waals surface area contributed by atoms with Crippen LogP contribution in [0, 0.1) is 0 Å². The van der Waals surface area contributed by atoms with E-state index >= 15 is 0 Å². The van der Waals surface area contributed by atoms with Crippen molar-refractivity contribution in [2.24, 2.45) is 0 Å². The molecule has 0 unspecified atom stereocenters. The second-order valence-electron chi connectivity index (χ2n) is 4.26. The van der Waals surface area contributed by atoms with Crippen LogP contribution in [0.2, 0.25) is 0 Å². The monoisotopic (exact) mass is 311 g/mol. The molecule has 0 saturated carbocycles. The first-order chi connectivity index (χ1) is 10.4. The van der Waals surface area contributed by atoms with E-state index in [1.807, 2.05) is 18.2 Å². The highest BCUT2D eigenvalue weighted by Crippen LogP contribution is 2.23. The molecule has 2 aromatic carbocycles. The lowest BCUT2D eigenvalue weighted by Crippen LogP contribution is -2.17. The molecule has 1 N–H and O–H groups in total. The molecule has 0 saturated heterocycles. The van der Waals surface area contributed by atoms with E-state index in [1.54, 1.807) is 12.1 Å². The molecule has 2 rings (SSSR count). The van der Waals surface area contributed by atoms with E-state index in [2.05, 4.69) is 10.1 Å². The summed E-state index contributed by atoms with van der Waals surface area (Å²) in [6.45, 7) is 0.0991. The van der Waals surface area contributed by atoms with Crippen LogP contribution in [0.5, 0.6) is 5.75 Å². The lowest BCUT2D eigenvalue weighted by atomic mass is 10.2. The van der Waals surface area contributed by atoms with Gasteiger partial charge in [-0.15, -0.1) is 13.2 Å². The minimum Gasteiger partial charge on any atom is -0.444 e. The number of carbonyl (C=O) groups is 1. The number of amides is 1. The Balaban J connectivity index is 1.84. The fourth-order valence-corrected chi connectivity index (χ4v) is 1.62. The summed E-state index contributed by atoms with van der Waals surface area (Å²) in [4.78, 5) is 11.6. The van der Waals surface area contributed by atoms with Gasteiger partial charge < -0.3 is 9.47 Å². The maximum absolute atomic E-state index is 12.0. The van der Waals surface area contributed by atoms with Crippen LogP contribution < -0.4 is 10.1 Å². The zero-order valence-corrected chi connectivity index (χ0v) is 11.3. The Morgan fingerprint density at radius 1 is 1.00 bits per heavy atom. The number of halogens is 3. The summed E-state index contributed by atoms with van der Waals surface area (Å²) in [5.74, 6) is -0.365. The summed E-state index contributed by atoms with van der Waals surface area (Å²) in [6, 6.07) is 13.8. The van der Waals surface area contributed by atoms with Crippen LogP contribution in [-0.4, -0.2) is 12.5 Å². The number of benzene rings is 2. The van der Waals surface area contributed by atoms with Crippen LogP contribution in [0.1, 0.15) is 5.56 Å². The van der Waals surface area contributed by atoms with Crippen LogP contribution in [0.15, 0.2) is 54.6 Å². The van der Waals surface area contributed by atoms with E-state index in [4.69, 9.17) is 4.74 Å². The zero-order chi connectivity index (χ0) is 16.0. The molecular formula is C15H12F3NO3. The maximum Gasteiger partial charge on any atom is 0.573 e. The zero-order valence-electron chi connectivity index (χ0n) is 11.3. The molecule has 0 heterocycles. The van der Waals surface area contributed by atoms with Crippen molar-refractivity contribution in [1.29, 1.82) is 0 Å². The first-order valence-electron chi connectivity index (χ1n) is 6.26. The van der Waals surface area contributed by atoms with Crippen molar-refractivity contribution in [3.63, 3.8) is 0 Å².